The summed E-state index contributed by atoms with van der Waals surface area (Å²) in [6.07, 6.45) is 3.85. The minimum atomic E-state index is 0. The highest BCUT2D eigenvalue weighted by Gasteiger charge is 2.16. The van der Waals surface area contributed by atoms with Crippen molar-refractivity contribution in [2.24, 2.45) is 0 Å². The van der Waals surface area contributed by atoms with Crippen LogP contribution in [0.1, 0.15) is 28.1 Å². The van der Waals surface area contributed by atoms with E-state index in [0.29, 0.717) is 0 Å². The lowest BCUT2D eigenvalue weighted by molar-refractivity contribution is 0.788. The van der Waals surface area contributed by atoms with E-state index in [9.17, 15) is 0 Å². The molecular formula is C24H24Cl2N2. The van der Waals surface area contributed by atoms with Crippen LogP contribution < -0.4 is 0 Å². The van der Waals surface area contributed by atoms with Gasteiger partial charge in [-0.15, -0.1) is 12.4 Å². The van der Waals surface area contributed by atoms with Crippen molar-refractivity contribution in [2.75, 3.05) is 0 Å². The van der Waals surface area contributed by atoms with E-state index in [4.69, 9.17) is 16.6 Å². The number of nitrogens with zero attached hydrogens (tertiary/aromatic N) is 2. The molecule has 0 bridgehead atoms. The van der Waals surface area contributed by atoms with Gasteiger partial charge >= 0.3 is 0 Å². The predicted molar refractivity (Wildman–Crippen MR) is 121 cm³/mol. The maximum Gasteiger partial charge on any atom is 0.0707 e. The van der Waals surface area contributed by atoms with E-state index in [2.05, 4.69) is 60.9 Å². The molecule has 0 aliphatic heterocycles. The second-order valence-corrected chi connectivity index (χ2v) is 7.43. The number of halogens is 2. The molecule has 2 heterocycles. The summed E-state index contributed by atoms with van der Waals surface area (Å²) in [6, 6.07) is 20.8. The quantitative estimate of drug-likeness (QED) is 0.364. The first-order valence-corrected chi connectivity index (χ1v) is 9.73. The van der Waals surface area contributed by atoms with Crippen LogP contribution in [0.3, 0.4) is 0 Å². The molecule has 4 rings (SSSR count). The molecular weight excluding hydrogens is 387 g/mol. The molecule has 0 aliphatic rings. The number of rotatable bonds is 5. The van der Waals surface area contributed by atoms with Gasteiger partial charge in [0.2, 0.25) is 0 Å². The van der Waals surface area contributed by atoms with Gasteiger partial charge in [-0.25, -0.2) is 0 Å². The van der Waals surface area contributed by atoms with Gasteiger partial charge in [0.05, 0.1) is 11.2 Å². The summed E-state index contributed by atoms with van der Waals surface area (Å²) in [5.41, 5.74) is 7.47. The van der Waals surface area contributed by atoms with E-state index in [0.717, 1.165) is 35.7 Å². The Hall–Kier alpha value is -2.29. The summed E-state index contributed by atoms with van der Waals surface area (Å²) >= 11 is 6.44. The number of hydrogen-bond acceptors (Lipinski definition) is 1. The molecule has 0 N–H and O–H groups in total. The largest absolute Gasteiger partial charge is 0.339 e. The van der Waals surface area contributed by atoms with Crippen LogP contribution >= 0.6 is 24.0 Å². The SMILES string of the molecule is Cc1c(C)n(Cc2ccccc2Cl)c2c(CCc3ccccc3)nccc12.Cl. The van der Waals surface area contributed by atoms with Crippen LogP contribution in [0, 0.1) is 13.8 Å². The molecule has 2 nitrogen and oxygen atoms in total. The van der Waals surface area contributed by atoms with E-state index in [1.165, 1.54) is 27.7 Å². The van der Waals surface area contributed by atoms with Gasteiger partial charge in [-0.3, -0.25) is 4.98 Å². The van der Waals surface area contributed by atoms with Gasteiger partial charge in [0.1, 0.15) is 0 Å². The number of fused-ring (bicyclic) bond motifs is 1. The van der Waals surface area contributed by atoms with E-state index >= 15 is 0 Å². The van der Waals surface area contributed by atoms with Crippen LogP contribution in [0.15, 0.2) is 66.9 Å². The summed E-state index contributed by atoms with van der Waals surface area (Å²) < 4.78 is 2.37. The monoisotopic (exact) mass is 410 g/mol. The molecule has 2 aromatic heterocycles. The molecule has 0 saturated carbocycles. The van der Waals surface area contributed by atoms with Gasteiger partial charge in [0, 0.05) is 28.8 Å². The van der Waals surface area contributed by atoms with Gasteiger partial charge in [0.15, 0.2) is 0 Å². The Morgan fingerprint density at radius 3 is 2.36 bits per heavy atom. The first-order valence-electron chi connectivity index (χ1n) is 9.35. The second kappa shape index (κ2) is 8.81. The number of pyridine rings is 1. The molecule has 2 aromatic carbocycles. The first-order chi connectivity index (χ1) is 13.1. The molecule has 0 fully saturated rings. The average molecular weight is 411 g/mol. The van der Waals surface area contributed by atoms with Crippen molar-refractivity contribution in [3.63, 3.8) is 0 Å². The fraction of sp³-hybridized carbons (Fsp3) is 0.208. The Morgan fingerprint density at radius 1 is 0.893 bits per heavy atom. The van der Waals surface area contributed by atoms with Gasteiger partial charge in [-0.1, -0.05) is 60.1 Å². The molecule has 0 atom stereocenters. The molecule has 4 aromatic rings. The predicted octanol–water partition coefficient (Wildman–Crippen LogP) is 6.56. The molecule has 0 spiro atoms. The summed E-state index contributed by atoms with van der Waals surface area (Å²) in [4.78, 5) is 4.75. The van der Waals surface area contributed by atoms with Gasteiger partial charge in [-0.2, -0.15) is 0 Å². The lowest BCUT2D eigenvalue weighted by Gasteiger charge is -2.12. The summed E-state index contributed by atoms with van der Waals surface area (Å²) in [6.45, 7) is 5.15. The maximum absolute atomic E-state index is 6.44. The third-order valence-electron chi connectivity index (χ3n) is 5.40. The fourth-order valence-electron chi connectivity index (χ4n) is 3.75. The minimum Gasteiger partial charge on any atom is -0.339 e. The van der Waals surface area contributed by atoms with Crippen LogP contribution in [0.2, 0.25) is 5.02 Å². The summed E-state index contributed by atoms with van der Waals surface area (Å²) in [5, 5.41) is 2.10. The Morgan fingerprint density at radius 2 is 1.61 bits per heavy atom. The van der Waals surface area contributed by atoms with Crippen molar-refractivity contribution < 1.29 is 0 Å². The van der Waals surface area contributed by atoms with Crippen molar-refractivity contribution >= 4 is 34.9 Å². The van der Waals surface area contributed by atoms with Crippen LogP contribution in [0.4, 0.5) is 0 Å². The summed E-state index contributed by atoms with van der Waals surface area (Å²) in [5.74, 6) is 0. The maximum atomic E-state index is 6.44. The van der Waals surface area contributed by atoms with Crippen LogP contribution in [-0.4, -0.2) is 9.55 Å². The zero-order chi connectivity index (χ0) is 18.8. The van der Waals surface area contributed by atoms with Gasteiger partial charge in [-0.05, 0) is 55.5 Å². The molecule has 0 unspecified atom stereocenters. The third kappa shape index (κ3) is 3.94. The van der Waals surface area contributed by atoms with Gasteiger partial charge in [0.25, 0.3) is 0 Å². The van der Waals surface area contributed by atoms with E-state index in [1.54, 1.807) is 0 Å². The van der Waals surface area contributed by atoms with Crippen molar-refractivity contribution in [1.29, 1.82) is 0 Å². The van der Waals surface area contributed by atoms with Crippen molar-refractivity contribution in [1.82, 2.24) is 9.55 Å². The van der Waals surface area contributed by atoms with Crippen LogP contribution in [-0.2, 0) is 19.4 Å². The smallest absolute Gasteiger partial charge is 0.0707 e. The Balaban J connectivity index is 0.00000225. The van der Waals surface area contributed by atoms with Crippen molar-refractivity contribution in [3.8, 4) is 0 Å². The van der Waals surface area contributed by atoms with Crippen LogP contribution in [0.5, 0.6) is 0 Å². The van der Waals surface area contributed by atoms with Crippen LogP contribution in [0.25, 0.3) is 10.9 Å². The number of aromatic nitrogens is 2. The van der Waals surface area contributed by atoms with E-state index < -0.39 is 0 Å². The normalized spacial score (nSPS) is 10.8. The molecule has 0 saturated heterocycles. The standard InChI is InChI=1S/C24H23ClN2.ClH/c1-17-18(2)27(16-20-10-6-7-11-22(20)25)24-21(17)14-15-26-23(24)13-12-19-8-4-3-5-9-19;/h3-11,14-15H,12-13,16H2,1-2H3;1H. The zero-order valence-electron chi connectivity index (χ0n) is 16.2. The average Bonchev–Trinajstić information content (AvgIpc) is 2.94. The lowest BCUT2D eigenvalue weighted by Crippen LogP contribution is -2.06. The van der Waals surface area contributed by atoms with Crippen molar-refractivity contribution in [3.05, 3.63) is 100.0 Å². The molecule has 4 heteroatoms. The lowest BCUT2D eigenvalue weighted by atomic mass is 10.1. The highest BCUT2D eigenvalue weighted by atomic mass is 35.5. The van der Waals surface area contributed by atoms with E-state index in [-0.39, 0.29) is 12.4 Å². The highest BCUT2D eigenvalue weighted by molar-refractivity contribution is 6.31. The molecule has 28 heavy (non-hydrogen) atoms. The number of aryl methyl sites for hydroxylation is 3. The highest BCUT2D eigenvalue weighted by Crippen LogP contribution is 2.29. The minimum absolute atomic E-state index is 0. The fourth-order valence-corrected chi connectivity index (χ4v) is 3.95. The Kier molecular flexibility index (Phi) is 6.43. The molecule has 0 amide bonds. The Labute approximate surface area is 177 Å². The van der Waals surface area contributed by atoms with Gasteiger partial charge < -0.3 is 4.57 Å². The number of benzene rings is 2. The molecule has 0 radical (unpaired) electrons. The second-order valence-electron chi connectivity index (χ2n) is 7.03. The Bertz CT molecular complexity index is 1080. The number of hydrogen-bond donors (Lipinski definition) is 0. The summed E-state index contributed by atoms with van der Waals surface area (Å²) in [7, 11) is 0. The first kappa shape index (κ1) is 20.4. The molecule has 0 aliphatic carbocycles. The zero-order valence-corrected chi connectivity index (χ0v) is 17.7. The topological polar surface area (TPSA) is 17.8 Å². The van der Waals surface area contributed by atoms with E-state index in [1.807, 2.05) is 24.4 Å². The molecule has 144 valence electrons. The third-order valence-corrected chi connectivity index (χ3v) is 5.77. The van der Waals surface area contributed by atoms with Crippen molar-refractivity contribution in [2.45, 2.75) is 33.2 Å².